The zero-order chi connectivity index (χ0) is 23.4. The average Bonchev–Trinajstić information content (AvgIpc) is 3.56. The molecule has 4 aromatic heterocycles. The Bertz CT molecular complexity index is 1570. The summed E-state index contributed by atoms with van der Waals surface area (Å²) in [5.74, 6) is 0. The van der Waals surface area contributed by atoms with Crippen molar-refractivity contribution in [3.63, 3.8) is 0 Å². The van der Waals surface area contributed by atoms with Gasteiger partial charge in [0.2, 0.25) is 0 Å². The molecule has 0 bridgehead atoms. The van der Waals surface area contributed by atoms with Crippen molar-refractivity contribution in [3.8, 4) is 22.5 Å². The van der Waals surface area contributed by atoms with Crippen molar-refractivity contribution in [2.45, 2.75) is 38.3 Å². The van der Waals surface area contributed by atoms with E-state index < -0.39 is 0 Å². The number of imidazole rings is 1. The normalized spacial score (nSPS) is 18.8. The zero-order valence-corrected chi connectivity index (χ0v) is 19.4. The molecule has 0 radical (unpaired) electrons. The predicted octanol–water partition coefficient (Wildman–Crippen LogP) is 4.07. The highest BCUT2D eigenvalue weighted by atomic mass is 16.5. The molecule has 5 aromatic rings. The molecule has 0 aliphatic carbocycles. The summed E-state index contributed by atoms with van der Waals surface area (Å²) in [6, 6.07) is 6.05. The van der Waals surface area contributed by atoms with Gasteiger partial charge in [-0.3, -0.25) is 9.25 Å². The minimum absolute atomic E-state index is 0.00897. The molecule has 1 fully saturated rings. The quantitative estimate of drug-likeness (QED) is 0.403. The van der Waals surface area contributed by atoms with Crippen molar-refractivity contribution >= 4 is 22.1 Å². The summed E-state index contributed by atoms with van der Waals surface area (Å²) in [6.45, 7) is 2.74. The second-order valence-electron chi connectivity index (χ2n) is 8.98. The van der Waals surface area contributed by atoms with Crippen LogP contribution < -0.4 is 5.69 Å². The fraction of sp³-hybridized carbons (Fsp3) is 0.360. The summed E-state index contributed by atoms with van der Waals surface area (Å²) >= 11 is 0. The Hall–Kier alpha value is -3.72. The Morgan fingerprint density at radius 1 is 1.18 bits per heavy atom. The molecule has 5 heterocycles. The van der Waals surface area contributed by atoms with E-state index in [9.17, 15) is 4.79 Å². The summed E-state index contributed by atoms with van der Waals surface area (Å²) in [4.78, 5) is 22.3. The van der Waals surface area contributed by atoms with E-state index in [1.165, 1.54) is 0 Å². The number of fused-ring (bicyclic) bond motifs is 3. The Morgan fingerprint density at radius 3 is 2.79 bits per heavy atom. The number of aromatic nitrogens is 6. The fourth-order valence-electron chi connectivity index (χ4n) is 5.03. The number of nitrogens with zero attached hydrogens (tertiary/aromatic N) is 6. The molecule has 9 heteroatoms. The molecule has 1 aromatic carbocycles. The lowest BCUT2D eigenvalue weighted by Crippen LogP contribution is -2.34. The Kier molecular flexibility index (Phi) is 4.88. The summed E-state index contributed by atoms with van der Waals surface area (Å²) in [5, 5.41) is 5.16. The standard InChI is InChI=1S/C25H26N6O3/c1-4-18-10-17(7-8-33-18)31-23-19-9-15(20-12-26-14-29(20)2)5-6-21(19)34-24(23)22(28-25(31)32)16-11-27-30(3)13-16/h5-6,9,11-14,17-18H,4,7-8,10H2,1-3H3/t17-,18-/m0/s1. The third-order valence-electron chi connectivity index (χ3n) is 6.78. The van der Waals surface area contributed by atoms with Crippen LogP contribution in [0.3, 0.4) is 0 Å². The van der Waals surface area contributed by atoms with Crippen LogP contribution in [0.25, 0.3) is 44.6 Å². The number of furan rings is 1. The lowest BCUT2D eigenvalue weighted by molar-refractivity contribution is -0.00709. The number of ether oxygens (including phenoxy) is 1. The first-order valence-corrected chi connectivity index (χ1v) is 11.6. The van der Waals surface area contributed by atoms with Crippen LogP contribution in [0.4, 0.5) is 0 Å². The first kappa shape index (κ1) is 20.9. The van der Waals surface area contributed by atoms with E-state index in [1.54, 1.807) is 17.2 Å². The molecule has 6 rings (SSSR count). The topological polar surface area (TPSA) is 92.9 Å². The van der Waals surface area contributed by atoms with Crippen molar-refractivity contribution in [2.24, 2.45) is 14.1 Å². The minimum Gasteiger partial charge on any atom is -0.452 e. The third kappa shape index (κ3) is 3.27. The molecule has 0 saturated carbocycles. The van der Waals surface area contributed by atoms with E-state index >= 15 is 0 Å². The van der Waals surface area contributed by atoms with Gasteiger partial charge in [0.25, 0.3) is 0 Å². The fourth-order valence-corrected chi connectivity index (χ4v) is 5.03. The Morgan fingerprint density at radius 2 is 2.06 bits per heavy atom. The number of hydrogen-bond acceptors (Lipinski definition) is 6. The van der Waals surface area contributed by atoms with Crippen molar-refractivity contribution in [1.29, 1.82) is 0 Å². The molecule has 0 spiro atoms. The molecule has 1 saturated heterocycles. The highest BCUT2D eigenvalue weighted by Crippen LogP contribution is 2.38. The van der Waals surface area contributed by atoms with Crippen molar-refractivity contribution in [1.82, 2.24) is 28.9 Å². The molecule has 34 heavy (non-hydrogen) atoms. The lowest BCUT2D eigenvalue weighted by atomic mass is 10.0. The van der Waals surface area contributed by atoms with Gasteiger partial charge in [0.1, 0.15) is 16.8 Å². The van der Waals surface area contributed by atoms with Crippen LogP contribution in [0.2, 0.25) is 0 Å². The number of hydrogen-bond donors (Lipinski definition) is 0. The van der Waals surface area contributed by atoms with Gasteiger partial charge in [0.15, 0.2) is 5.58 Å². The van der Waals surface area contributed by atoms with E-state index in [1.807, 2.05) is 47.8 Å². The third-order valence-corrected chi connectivity index (χ3v) is 6.78. The molecule has 174 valence electrons. The largest absolute Gasteiger partial charge is 0.452 e. The van der Waals surface area contributed by atoms with Gasteiger partial charge >= 0.3 is 5.69 Å². The van der Waals surface area contributed by atoms with Crippen LogP contribution in [0.1, 0.15) is 32.2 Å². The van der Waals surface area contributed by atoms with Gasteiger partial charge in [-0.2, -0.15) is 10.1 Å². The van der Waals surface area contributed by atoms with Crippen LogP contribution in [0, 0.1) is 0 Å². The van der Waals surface area contributed by atoms with Crippen LogP contribution in [-0.2, 0) is 18.8 Å². The first-order chi connectivity index (χ1) is 16.5. The molecular formula is C25H26N6O3. The molecule has 1 aliphatic rings. The maximum atomic E-state index is 13.6. The second-order valence-corrected chi connectivity index (χ2v) is 8.98. The van der Waals surface area contributed by atoms with Gasteiger partial charge in [0, 0.05) is 49.5 Å². The number of rotatable bonds is 4. The van der Waals surface area contributed by atoms with Gasteiger partial charge in [-0.25, -0.2) is 9.78 Å². The highest BCUT2D eigenvalue weighted by Gasteiger charge is 2.29. The molecule has 0 N–H and O–H groups in total. The monoisotopic (exact) mass is 458 g/mol. The zero-order valence-electron chi connectivity index (χ0n) is 19.4. The van der Waals surface area contributed by atoms with E-state index in [0.29, 0.717) is 23.5 Å². The van der Waals surface area contributed by atoms with E-state index in [2.05, 4.69) is 28.1 Å². The van der Waals surface area contributed by atoms with Crippen molar-refractivity contribution in [3.05, 3.63) is 53.6 Å². The van der Waals surface area contributed by atoms with Gasteiger partial charge in [0.05, 0.1) is 30.5 Å². The predicted molar refractivity (Wildman–Crippen MR) is 128 cm³/mol. The van der Waals surface area contributed by atoms with Gasteiger partial charge < -0.3 is 13.7 Å². The van der Waals surface area contributed by atoms with Crippen LogP contribution in [0.15, 0.2) is 52.3 Å². The van der Waals surface area contributed by atoms with Crippen molar-refractivity contribution in [2.75, 3.05) is 6.61 Å². The summed E-state index contributed by atoms with van der Waals surface area (Å²) in [5.41, 5.74) is 5.08. The Labute approximate surface area is 195 Å². The summed E-state index contributed by atoms with van der Waals surface area (Å²) in [6.07, 6.45) is 9.74. The van der Waals surface area contributed by atoms with Gasteiger partial charge in [-0.1, -0.05) is 6.92 Å². The minimum atomic E-state index is -0.276. The van der Waals surface area contributed by atoms with Crippen LogP contribution in [0.5, 0.6) is 0 Å². The van der Waals surface area contributed by atoms with Crippen LogP contribution in [-0.4, -0.2) is 41.6 Å². The first-order valence-electron chi connectivity index (χ1n) is 11.6. The van der Waals surface area contributed by atoms with E-state index in [0.717, 1.165) is 47.0 Å². The van der Waals surface area contributed by atoms with Gasteiger partial charge in [-0.05, 0) is 37.5 Å². The van der Waals surface area contributed by atoms with Crippen molar-refractivity contribution < 1.29 is 9.15 Å². The Balaban J connectivity index is 1.66. The maximum Gasteiger partial charge on any atom is 0.349 e. The second kappa shape index (κ2) is 7.95. The molecular weight excluding hydrogens is 432 g/mol. The average molecular weight is 459 g/mol. The molecule has 1 aliphatic heterocycles. The van der Waals surface area contributed by atoms with E-state index in [4.69, 9.17) is 9.15 Å². The number of aryl methyl sites for hydroxylation is 2. The SMILES string of the molecule is CC[C@H]1C[C@@H](n2c(=O)nc(-c3cnn(C)c3)c3oc4ccc(-c5cncn5C)cc4c32)CCO1. The van der Waals surface area contributed by atoms with Gasteiger partial charge in [-0.15, -0.1) is 0 Å². The van der Waals surface area contributed by atoms with E-state index in [-0.39, 0.29) is 17.8 Å². The maximum absolute atomic E-state index is 13.6. The molecule has 2 atom stereocenters. The summed E-state index contributed by atoms with van der Waals surface area (Å²) < 4.78 is 17.8. The molecule has 0 unspecified atom stereocenters. The molecule has 9 nitrogen and oxygen atoms in total. The highest BCUT2D eigenvalue weighted by molar-refractivity contribution is 6.07. The van der Waals surface area contributed by atoms with Crippen LogP contribution >= 0.6 is 0 Å². The summed E-state index contributed by atoms with van der Waals surface area (Å²) in [7, 11) is 3.81. The smallest absolute Gasteiger partial charge is 0.349 e. The molecule has 0 amide bonds. The lowest BCUT2D eigenvalue weighted by Gasteiger charge is -2.30. The number of benzene rings is 1.